The number of anilines is 1. The Hall–Kier alpha value is -2.17. The van der Waals surface area contributed by atoms with Gasteiger partial charge in [-0.3, -0.25) is 20.3 Å². The average Bonchev–Trinajstić information content (AvgIpc) is 3.07. The fourth-order valence-electron chi connectivity index (χ4n) is 3.26. The van der Waals surface area contributed by atoms with Gasteiger partial charge in [0.2, 0.25) is 5.91 Å². The molecular formula is C18H21BrFN5O3. The maximum atomic E-state index is 13.8. The molecule has 8 nitrogen and oxygen atoms in total. The molecule has 0 aromatic heterocycles. The highest BCUT2D eigenvalue weighted by Crippen LogP contribution is 2.32. The molecule has 2 atom stereocenters. The zero-order chi connectivity index (χ0) is 20.3. The first-order valence-corrected chi connectivity index (χ1v) is 9.67. The number of carbonyl (C=O) groups is 3. The summed E-state index contributed by atoms with van der Waals surface area (Å²) in [6.07, 6.45) is 2.46. The molecule has 0 aliphatic carbocycles. The molecule has 1 saturated heterocycles. The van der Waals surface area contributed by atoms with Crippen LogP contribution in [0.2, 0.25) is 0 Å². The standard InChI is InChI=1S/C18H21BrFN5O3/c1-18(7-16(27)21-8-15(18)26)5-4-12-9-25(10-22-12)24-17(28)23-14-3-2-11(19)6-13(14)20/h2-3,6,8,12,22H,4-5,7,9-10H2,1H3,(H2,23,24,28). The van der Waals surface area contributed by atoms with Crippen molar-refractivity contribution in [2.75, 3.05) is 18.5 Å². The number of amides is 3. The van der Waals surface area contributed by atoms with Gasteiger partial charge in [-0.25, -0.2) is 19.2 Å². The number of ketones is 1. The number of urea groups is 1. The predicted octanol–water partition coefficient (Wildman–Crippen LogP) is 2.21. The first-order valence-electron chi connectivity index (χ1n) is 8.87. The Balaban J connectivity index is 1.46. The van der Waals surface area contributed by atoms with Gasteiger partial charge >= 0.3 is 6.03 Å². The zero-order valence-electron chi connectivity index (χ0n) is 15.3. The summed E-state index contributed by atoms with van der Waals surface area (Å²) in [5, 5.41) is 7.39. The Kier molecular flexibility index (Phi) is 6.21. The molecule has 2 aliphatic heterocycles. The Morgan fingerprint density at radius 1 is 1.46 bits per heavy atom. The third kappa shape index (κ3) is 5.00. The van der Waals surface area contributed by atoms with Gasteiger partial charge in [0.25, 0.3) is 0 Å². The number of aliphatic imine (C=N–C) groups is 1. The number of halogens is 2. The fraction of sp³-hybridized carbons (Fsp3) is 0.444. The summed E-state index contributed by atoms with van der Waals surface area (Å²) in [7, 11) is 0. The van der Waals surface area contributed by atoms with Crippen LogP contribution in [-0.2, 0) is 9.59 Å². The minimum absolute atomic E-state index is 0.0586. The molecule has 28 heavy (non-hydrogen) atoms. The van der Waals surface area contributed by atoms with Gasteiger partial charge < -0.3 is 5.32 Å². The number of nitrogens with one attached hydrogen (secondary N) is 3. The maximum Gasteiger partial charge on any atom is 0.333 e. The highest BCUT2D eigenvalue weighted by molar-refractivity contribution is 9.10. The van der Waals surface area contributed by atoms with E-state index in [1.807, 2.05) is 0 Å². The number of Topliss-reactive ketones (excluding diaryl/α,β-unsaturated/α-hetero) is 1. The fourth-order valence-corrected chi connectivity index (χ4v) is 3.59. The first kappa shape index (κ1) is 20.6. The van der Waals surface area contributed by atoms with E-state index in [0.717, 1.165) is 6.21 Å². The van der Waals surface area contributed by atoms with Crippen molar-refractivity contribution in [1.29, 1.82) is 0 Å². The lowest BCUT2D eigenvalue weighted by Gasteiger charge is -2.28. The molecule has 3 amide bonds. The van der Waals surface area contributed by atoms with E-state index >= 15 is 0 Å². The topological polar surface area (TPSA) is 103 Å². The van der Waals surface area contributed by atoms with Crippen LogP contribution >= 0.6 is 15.9 Å². The summed E-state index contributed by atoms with van der Waals surface area (Å²) in [5.74, 6) is -0.942. The minimum Gasteiger partial charge on any atom is -0.304 e. The summed E-state index contributed by atoms with van der Waals surface area (Å²) in [4.78, 5) is 39.2. The minimum atomic E-state index is -0.724. The van der Waals surface area contributed by atoms with Gasteiger partial charge in [-0.15, -0.1) is 0 Å². The third-order valence-corrected chi connectivity index (χ3v) is 5.45. The normalized spacial score (nSPS) is 25.2. The molecular weight excluding hydrogens is 433 g/mol. The number of nitrogens with zero attached hydrogens (tertiary/aromatic N) is 2. The van der Waals surface area contributed by atoms with Gasteiger partial charge in [-0.1, -0.05) is 22.9 Å². The van der Waals surface area contributed by atoms with Crippen LogP contribution < -0.4 is 16.1 Å². The molecule has 3 N–H and O–H groups in total. The van der Waals surface area contributed by atoms with E-state index in [1.54, 1.807) is 18.0 Å². The van der Waals surface area contributed by atoms with Gasteiger partial charge in [0.15, 0.2) is 5.78 Å². The zero-order valence-corrected chi connectivity index (χ0v) is 16.9. The third-order valence-electron chi connectivity index (χ3n) is 4.96. The molecule has 1 aromatic carbocycles. The lowest BCUT2D eigenvalue weighted by atomic mass is 9.76. The molecule has 0 spiro atoms. The quantitative estimate of drug-likeness (QED) is 0.633. The second-order valence-corrected chi connectivity index (χ2v) is 8.18. The van der Waals surface area contributed by atoms with E-state index in [2.05, 4.69) is 37.0 Å². The van der Waals surface area contributed by atoms with Crippen LogP contribution in [0.15, 0.2) is 27.7 Å². The number of benzene rings is 1. The van der Waals surface area contributed by atoms with Crippen LogP contribution in [0.3, 0.4) is 0 Å². The van der Waals surface area contributed by atoms with E-state index in [4.69, 9.17) is 0 Å². The van der Waals surface area contributed by atoms with Gasteiger partial charge in [0.05, 0.1) is 18.6 Å². The number of hydrogen-bond acceptors (Lipinski definition) is 5. The summed E-state index contributed by atoms with van der Waals surface area (Å²) < 4.78 is 14.4. The average molecular weight is 454 g/mol. The van der Waals surface area contributed by atoms with E-state index in [-0.39, 0.29) is 29.8 Å². The maximum absolute atomic E-state index is 13.8. The van der Waals surface area contributed by atoms with Crippen LogP contribution in [0.5, 0.6) is 0 Å². The molecule has 2 aliphatic rings. The smallest absolute Gasteiger partial charge is 0.304 e. The Bertz CT molecular complexity index is 833. The second-order valence-electron chi connectivity index (χ2n) is 7.26. The van der Waals surface area contributed by atoms with Gasteiger partial charge in [0, 0.05) is 28.9 Å². The summed E-state index contributed by atoms with van der Waals surface area (Å²) in [6.45, 7) is 2.73. The Morgan fingerprint density at radius 3 is 3.00 bits per heavy atom. The number of rotatable bonds is 5. The number of hydrazine groups is 1. The largest absolute Gasteiger partial charge is 0.333 e. The van der Waals surface area contributed by atoms with Crippen molar-refractivity contribution >= 4 is 45.6 Å². The molecule has 1 fully saturated rings. The first-order chi connectivity index (χ1) is 13.2. The highest BCUT2D eigenvalue weighted by atomic mass is 79.9. The van der Waals surface area contributed by atoms with Crippen LogP contribution in [-0.4, -0.2) is 48.2 Å². The summed E-state index contributed by atoms with van der Waals surface area (Å²) in [6, 6.07) is 3.89. The number of hydrogen-bond donors (Lipinski definition) is 3. The Morgan fingerprint density at radius 2 is 2.25 bits per heavy atom. The summed E-state index contributed by atoms with van der Waals surface area (Å²) in [5.41, 5.74) is 2.02. The molecule has 10 heteroatoms. The van der Waals surface area contributed by atoms with Crippen molar-refractivity contribution in [3.63, 3.8) is 0 Å². The van der Waals surface area contributed by atoms with Crippen molar-refractivity contribution in [1.82, 2.24) is 15.8 Å². The molecule has 150 valence electrons. The van der Waals surface area contributed by atoms with E-state index in [1.165, 1.54) is 12.1 Å². The van der Waals surface area contributed by atoms with Gasteiger partial charge in [-0.05, 0) is 31.0 Å². The molecule has 0 bridgehead atoms. The van der Waals surface area contributed by atoms with Crippen LogP contribution in [0.4, 0.5) is 14.9 Å². The van der Waals surface area contributed by atoms with E-state index in [9.17, 15) is 18.8 Å². The molecule has 0 saturated carbocycles. The SMILES string of the molecule is CC1(CCC2CN(NC(=O)Nc3ccc(Br)cc3F)CN2)CC(=O)N=CC1=O. The van der Waals surface area contributed by atoms with E-state index < -0.39 is 17.3 Å². The van der Waals surface area contributed by atoms with Gasteiger partial charge in [0.1, 0.15) is 5.82 Å². The molecule has 1 aromatic rings. The molecule has 2 heterocycles. The highest BCUT2D eigenvalue weighted by Gasteiger charge is 2.38. The molecule has 0 radical (unpaired) electrons. The second kappa shape index (κ2) is 8.46. The van der Waals surface area contributed by atoms with Crippen molar-refractivity contribution in [3.05, 3.63) is 28.5 Å². The van der Waals surface area contributed by atoms with Gasteiger partial charge in [-0.2, -0.15) is 0 Å². The van der Waals surface area contributed by atoms with Crippen molar-refractivity contribution < 1.29 is 18.8 Å². The van der Waals surface area contributed by atoms with Crippen molar-refractivity contribution in [2.45, 2.75) is 32.2 Å². The van der Waals surface area contributed by atoms with Crippen LogP contribution in [0, 0.1) is 11.2 Å². The monoisotopic (exact) mass is 453 g/mol. The lowest BCUT2D eigenvalue weighted by molar-refractivity contribution is -0.130. The Labute approximate surface area is 170 Å². The van der Waals surface area contributed by atoms with Crippen molar-refractivity contribution in [2.24, 2.45) is 10.4 Å². The van der Waals surface area contributed by atoms with Crippen molar-refractivity contribution in [3.8, 4) is 0 Å². The molecule has 2 unspecified atom stereocenters. The number of carbonyl (C=O) groups excluding carboxylic acids is 3. The summed E-state index contributed by atoms with van der Waals surface area (Å²) >= 11 is 3.16. The van der Waals surface area contributed by atoms with Crippen LogP contribution in [0.25, 0.3) is 0 Å². The predicted molar refractivity (Wildman–Crippen MR) is 105 cm³/mol. The lowest BCUT2D eigenvalue weighted by Crippen LogP contribution is -2.43. The molecule has 3 rings (SSSR count). The van der Waals surface area contributed by atoms with Crippen LogP contribution in [0.1, 0.15) is 26.2 Å². The van der Waals surface area contributed by atoms with E-state index in [0.29, 0.717) is 30.5 Å².